The minimum absolute atomic E-state index is 0.167. The number of carbonyl (C=O) groups is 1. The molecule has 0 atom stereocenters. The first-order valence-corrected chi connectivity index (χ1v) is 10.7. The van der Waals surface area contributed by atoms with Gasteiger partial charge in [0.2, 0.25) is 5.91 Å². The second-order valence-corrected chi connectivity index (χ2v) is 7.96. The third kappa shape index (κ3) is 4.45. The predicted octanol–water partition coefficient (Wildman–Crippen LogP) is 3.59. The van der Waals surface area contributed by atoms with Crippen LogP contribution in [0.15, 0.2) is 42.5 Å². The number of aromatic nitrogens is 1. The van der Waals surface area contributed by atoms with Gasteiger partial charge in [-0.15, -0.1) is 0 Å². The van der Waals surface area contributed by atoms with Gasteiger partial charge in [-0.2, -0.15) is 0 Å². The summed E-state index contributed by atoms with van der Waals surface area (Å²) in [6.45, 7) is 5.67. The maximum Gasteiger partial charge on any atom is 0.227 e. The summed E-state index contributed by atoms with van der Waals surface area (Å²) in [7, 11) is 1.64. The fourth-order valence-corrected chi connectivity index (χ4v) is 4.51. The number of hydrogen-bond acceptors (Lipinski definition) is 6. The number of hydrogen-bond donors (Lipinski definition) is 0. The second-order valence-electron chi connectivity index (χ2n) is 6.95. The molecule has 4 rings (SSSR count). The standard InChI is InChI=1S/C22H25N3O3S/c1-3-28-18-8-9-19-20(15-18)29-22(23-19)25-12-10-24(11-13-25)21(26)14-16-4-6-17(27-2)7-5-16/h4-9,15H,3,10-14H2,1-2H3. The number of anilines is 1. The first-order valence-electron chi connectivity index (χ1n) is 9.85. The molecule has 0 saturated carbocycles. The van der Waals surface area contributed by atoms with E-state index in [1.54, 1.807) is 18.4 Å². The molecule has 2 heterocycles. The molecule has 1 amide bonds. The summed E-state index contributed by atoms with van der Waals surface area (Å²) in [5.41, 5.74) is 2.00. The summed E-state index contributed by atoms with van der Waals surface area (Å²) in [5.74, 6) is 1.85. The Morgan fingerprint density at radius 3 is 2.48 bits per heavy atom. The lowest BCUT2D eigenvalue weighted by Crippen LogP contribution is -2.49. The number of benzene rings is 2. The SMILES string of the molecule is CCOc1ccc2nc(N3CCN(C(=O)Cc4ccc(OC)cc4)CC3)sc2c1. The van der Waals surface area contributed by atoms with Gasteiger partial charge in [0.15, 0.2) is 5.13 Å². The molecule has 0 N–H and O–H groups in total. The van der Waals surface area contributed by atoms with Crippen molar-refractivity contribution in [2.24, 2.45) is 0 Å². The fraction of sp³-hybridized carbons (Fsp3) is 0.364. The molecule has 0 aliphatic carbocycles. The molecule has 6 nitrogen and oxygen atoms in total. The average Bonchev–Trinajstić information content (AvgIpc) is 3.18. The van der Waals surface area contributed by atoms with Crippen LogP contribution in [0, 0.1) is 0 Å². The van der Waals surface area contributed by atoms with Gasteiger partial charge in [-0.1, -0.05) is 23.5 Å². The Labute approximate surface area is 174 Å². The molecular formula is C22H25N3O3S. The van der Waals surface area contributed by atoms with Gasteiger partial charge in [-0.25, -0.2) is 4.98 Å². The highest BCUT2D eigenvalue weighted by atomic mass is 32.1. The molecule has 1 aliphatic heterocycles. The summed E-state index contributed by atoms with van der Waals surface area (Å²) in [4.78, 5) is 21.6. The molecule has 152 valence electrons. The van der Waals surface area contributed by atoms with E-state index in [-0.39, 0.29) is 5.91 Å². The number of ether oxygens (including phenoxy) is 2. The minimum Gasteiger partial charge on any atom is -0.497 e. The topological polar surface area (TPSA) is 54.9 Å². The number of carbonyl (C=O) groups excluding carboxylic acids is 1. The lowest BCUT2D eigenvalue weighted by molar-refractivity contribution is -0.130. The number of piperazine rings is 1. The van der Waals surface area contributed by atoms with Crippen molar-refractivity contribution in [2.45, 2.75) is 13.3 Å². The van der Waals surface area contributed by atoms with Gasteiger partial charge in [0.1, 0.15) is 11.5 Å². The molecule has 0 bridgehead atoms. The van der Waals surface area contributed by atoms with Gasteiger partial charge in [0.05, 0.1) is 30.4 Å². The van der Waals surface area contributed by atoms with Crippen LogP contribution in [0.2, 0.25) is 0 Å². The summed E-state index contributed by atoms with van der Waals surface area (Å²) >= 11 is 1.68. The molecule has 0 spiro atoms. The molecule has 7 heteroatoms. The van der Waals surface area contributed by atoms with Crippen molar-refractivity contribution in [1.29, 1.82) is 0 Å². The first kappa shape index (κ1) is 19.5. The molecule has 0 unspecified atom stereocenters. The van der Waals surface area contributed by atoms with Gasteiger partial charge < -0.3 is 19.3 Å². The van der Waals surface area contributed by atoms with E-state index in [0.29, 0.717) is 13.0 Å². The van der Waals surface area contributed by atoms with E-state index in [1.807, 2.05) is 48.2 Å². The lowest BCUT2D eigenvalue weighted by Gasteiger charge is -2.34. The van der Waals surface area contributed by atoms with Crippen LogP contribution in [0.1, 0.15) is 12.5 Å². The van der Waals surface area contributed by atoms with E-state index >= 15 is 0 Å². The zero-order valence-corrected chi connectivity index (χ0v) is 17.6. The summed E-state index contributed by atoms with van der Waals surface area (Å²) in [6, 6.07) is 13.7. The molecule has 1 aromatic heterocycles. The van der Waals surface area contributed by atoms with Gasteiger partial charge >= 0.3 is 0 Å². The smallest absolute Gasteiger partial charge is 0.227 e. The van der Waals surface area contributed by atoms with Crippen LogP contribution in [0.3, 0.4) is 0 Å². The van der Waals surface area contributed by atoms with Crippen LogP contribution in [-0.4, -0.2) is 55.7 Å². The number of methoxy groups -OCH3 is 1. The van der Waals surface area contributed by atoms with Crippen LogP contribution >= 0.6 is 11.3 Å². The van der Waals surface area contributed by atoms with Crippen molar-refractivity contribution >= 4 is 32.6 Å². The number of nitrogens with zero attached hydrogens (tertiary/aromatic N) is 3. The van der Waals surface area contributed by atoms with Crippen molar-refractivity contribution in [3.63, 3.8) is 0 Å². The van der Waals surface area contributed by atoms with Gasteiger partial charge in [-0.05, 0) is 42.8 Å². The van der Waals surface area contributed by atoms with Crippen molar-refractivity contribution in [1.82, 2.24) is 9.88 Å². The molecule has 1 fully saturated rings. The highest BCUT2D eigenvalue weighted by Crippen LogP contribution is 2.32. The van der Waals surface area contributed by atoms with E-state index in [9.17, 15) is 4.79 Å². The normalized spacial score (nSPS) is 14.3. The van der Waals surface area contributed by atoms with Crippen molar-refractivity contribution in [3.8, 4) is 11.5 Å². The lowest BCUT2D eigenvalue weighted by atomic mass is 10.1. The van der Waals surface area contributed by atoms with Crippen molar-refractivity contribution in [3.05, 3.63) is 48.0 Å². The fourth-order valence-electron chi connectivity index (χ4n) is 3.46. The van der Waals surface area contributed by atoms with Crippen LogP contribution in [0.25, 0.3) is 10.2 Å². The molecule has 2 aromatic carbocycles. The summed E-state index contributed by atoms with van der Waals surface area (Å²) < 4.78 is 11.9. The van der Waals surface area contributed by atoms with Crippen LogP contribution < -0.4 is 14.4 Å². The Morgan fingerprint density at radius 1 is 1.07 bits per heavy atom. The molecule has 0 radical (unpaired) electrons. The van der Waals surface area contributed by atoms with Crippen LogP contribution in [0.5, 0.6) is 11.5 Å². The molecule has 1 aliphatic rings. The second kappa shape index (κ2) is 8.69. The summed E-state index contributed by atoms with van der Waals surface area (Å²) in [5, 5.41) is 1.01. The Balaban J connectivity index is 1.36. The molecule has 1 saturated heterocycles. The largest absolute Gasteiger partial charge is 0.497 e. The third-order valence-electron chi connectivity index (χ3n) is 5.08. The first-order chi connectivity index (χ1) is 14.2. The minimum atomic E-state index is 0.167. The maximum absolute atomic E-state index is 12.7. The van der Waals surface area contributed by atoms with E-state index in [2.05, 4.69) is 11.0 Å². The van der Waals surface area contributed by atoms with E-state index in [4.69, 9.17) is 14.5 Å². The van der Waals surface area contributed by atoms with Gasteiger partial charge in [0, 0.05) is 26.2 Å². The number of amides is 1. The number of fused-ring (bicyclic) bond motifs is 1. The Morgan fingerprint density at radius 2 is 1.79 bits per heavy atom. The highest BCUT2D eigenvalue weighted by molar-refractivity contribution is 7.22. The van der Waals surface area contributed by atoms with Crippen molar-refractivity contribution < 1.29 is 14.3 Å². The van der Waals surface area contributed by atoms with Crippen LogP contribution in [0.4, 0.5) is 5.13 Å². The quantitative estimate of drug-likeness (QED) is 0.620. The molecule has 3 aromatic rings. The Kier molecular flexibility index (Phi) is 5.85. The van der Waals surface area contributed by atoms with Gasteiger partial charge in [0.25, 0.3) is 0 Å². The van der Waals surface area contributed by atoms with Crippen molar-refractivity contribution in [2.75, 3.05) is 44.8 Å². The third-order valence-corrected chi connectivity index (χ3v) is 6.16. The highest BCUT2D eigenvalue weighted by Gasteiger charge is 2.23. The molecular weight excluding hydrogens is 386 g/mol. The van der Waals surface area contributed by atoms with E-state index in [0.717, 1.165) is 58.6 Å². The predicted molar refractivity (Wildman–Crippen MR) is 116 cm³/mol. The Bertz CT molecular complexity index is 979. The van der Waals surface area contributed by atoms with Gasteiger partial charge in [-0.3, -0.25) is 4.79 Å². The van der Waals surface area contributed by atoms with Crippen LogP contribution in [-0.2, 0) is 11.2 Å². The Hall–Kier alpha value is -2.80. The monoisotopic (exact) mass is 411 g/mol. The number of rotatable bonds is 6. The maximum atomic E-state index is 12.7. The summed E-state index contributed by atoms with van der Waals surface area (Å²) in [6.07, 6.45) is 0.422. The average molecular weight is 412 g/mol. The molecule has 29 heavy (non-hydrogen) atoms. The zero-order valence-electron chi connectivity index (χ0n) is 16.8. The van der Waals surface area contributed by atoms with E-state index in [1.165, 1.54) is 0 Å². The zero-order chi connectivity index (χ0) is 20.2. The van der Waals surface area contributed by atoms with E-state index < -0.39 is 0 Å². The number of thiazole rings is 1.